The van der Waals surface area contributed by atoms with Gasteiger partial charge in [0.2, 0.25) is 5.91 Å². The Morgan fingerprint density at radius 1 is 1.29 bits per heavy atom. The van der Waals surface area contributed by atoms with E-state index in [1.54, 1.807) is 0 Å². The molecule has 1 N–H and O–H groups in total. The molecule has 1 amide bonds. The van der Waals surface area contributed by atoms with Gasteiger partial charge in [0.25, 0.3) is 10.0 Å². The number of piperidine rings is 1. The second-order valence-electron chi connectivity index (χ2n) is 7.48. The molecule has 7 nitrogen and oxygen atoms in total. The summed E-state index contributed by atoms with van der Waals surface area (Å²) in [7, 11) is -3.61. The molecule has 152 valence electrons. The van der Waals surface area contributed by atoms with Gasteiger partial charge in [0.1, 0.15) is 6.54 Å². The molecule has 3 rings (SSSR count). The summed E-state index contributed by atoms with van der Waals surface area (Å²) in [6, 6.07) is 5.91. The first kappa shape index (κ1) is 20.5. The van der Waals surface area contributed by atoms with Crippen LogP contribution in [0.2, 0.25) is 0 Å². The van der Waals surface area contributed by atoms with Crippen LogP contribution in [0.1, 0.15) is 37.8 Å². The Labute approximate surface area is 166 Å². The molecular formula is C20H28N4O3S. The zero-order valence-corrected chi connectivity index (χ0v) is 17.5. The van der Waals surface area contributed by atoms with Gasteiger partial charge in [-0.1, -0.05) is 32.0 Å². The molecule has 2 aromatic rings. The molecule has 0 bridgehead atoms. The van der Waals surface area contributed by atoms with E-state index in [2.05, 4.69) is 17.2 Å². The SMILES string of the molecule is CCc1cccc(C)c1NC(=O)Cn1cnc(S(=O)(=O)N2CCC(C)CC2)c1. The molecule has 2 heterocycles. The molecule has 1 aromatic carbocycles. The fourth-order valence-corrected chi connectivity index (χ4v) is 4.87. The summed E-state index contributed by atoms with van der Waals surface area (Å²) in [4.78, 5) is 16.5. The Hall–Kier alpha value is -2.19. The Morgan fingerprint density at radius 3 is 2.68 bits per heavy atom. The van der Waals surface area contributed by atoms with Crippen LogP contribution in [0, 0.1) is 12.8 Å². The number of nitrogens with zero attached hydrogens (tertiary/aromatic N) is 3. The van der Waals surface area contributed by atoms with E-state index in [0.29, 0.717) is 19.0 Å². The quantitative estimate of drug-likeness (QED) is 0.802. The van der Waals surface area contributed by atoms with Gasteiger partial charge in [-0.05, 0) is 43.2 Å². The van der Waals surface area contributed by atoms with Gasteiger partial charge in [-0.15, -0.1) is 0 Å². The summed E-state index contributed by atoms with van der Waals surface area (Å²) >= 11 is 0. The molecule has 0 unspecified atom stereocenters. The first-order valence-corrected chi connectivity index (χ1v) is 11.2. The number of aromatic nitrogens is 2. The number of sulfonamides is 1. The Kier molecular flexibility index (Phi) is 6.20. The average Bonchev–Trinajstić information content (AvgIpc) is 3.13. The standard InChI is InChI=1S/C20H28N4O3S/c1-4-17-7-5-6-16(3)20(17)22-18(25)12-23-13-19(21-14-23)28(26,27)24-10-8-15(2)9-11-24/h5-7,13-15H,4,8-12H2,1-3H3,(H,22,25). The van der Waals surface area contributed by atoms with Gasteiger partial charge < -0.3 is 9.88 Å². The molecular weight excluding hydrogens is 376 g/mol. The zero-order chi connectivity index (χ0) is 20.3. The van der Waals surface area contributed by atoms with E-state index in [4.69, 9.17) is 0 Å². The highest BCUT2D eigenvalue weighted by molar-refractivity contribution is 7.89. The third-order valence-corrected chi connectivity index (χ3v) is 7.07. The van der Waals surface area contributed by atoms with E-state index in [1.807, 2.05) is 32.0 Å². The number of hydrogen-bond donors (Lipinski definition) is 1. The normalized spacial score (nSPS) is 16.2. The van der Waals surface area contributed by atoms with Gasteiger partial charge in [-0.25, -0.2) is 13.4 Å². The third kappa shape index (κ3) is 4.44. The van der Waals surface area contributed by atoms with Crippen molar-refractivity contribution in [2.75, 3.05) is 18.4 Å². The number of rotatable bonds is 6. The maximum Gasteiger partial charge on any atom is 0.262 e. The van der Waals surface area contributed by atoms with E-state index in [9.17, 15) is 13.2 Å². The minimum atomic E-state index is -3.61. The molecule has 1 saturated heterocycles. The third-order valence-electron chi connectivity index (χ3n) is 5.29. The summed E-state index contributed by atoms with van der Waals surface area (Å²) in [6.45, 7) is 7.18. The summed E-state index contributed by atoms with van der Waals surface area (Å²) in [5, 5.41) is 2.95. The van der Waals surface area contributed by atoms with E-state index < -0.39 is 10.0 Å². The van der Waals surface area contributed by atoms with Crippen LogP contribution in [0.25, 0.3) is 0 Å². The molecule has 1 aromatic heterocycles. The predicted octanol–water partition coefficient (Wildman–Crippen LogP) is 2.81. The maximum absolute atomic E-state index is 12.8. The van der Waals surface area contributed by atoms with E-state index in [1.165, 1.54) is 21.4 Å². The number of amides is 1. The minimum absolute atomic E-state index is 0.00000745. The average molecular weight is 405 g/mol. The lowest BCUT2D eigenvalue weighted by Gasteiger charge is -2.28. The Bertz CT molecular complexity index is 944. The van der Waals surface area contributed by atoms with Gasteiger partial charge in [0.15, 0.2) is 5.03 Å². The van der Waals surface area contributed by atoms with Crippen molar-refractivity contribution in [3.8, 4) is 0 Å². The van der Waals surface area contributed by atoms with Gasteiger partial charge in [0.05, 0.1) is 6.33 Å². The highest BCUT2D eigenvalue weighted by Gasteiger charge is 2.29. The molecule has 8 heteroatoms. The van der Waals surface area contributed by atoms with Crippen LogP contribution in [0.15, 0.2) is 35.7 Å². The summed E-state index contributed by atoms with van der Waals surface area (Å²) in [5.74, 6) is 0.333. The maximum atomic E-state index is 12.8. The van der Waals surface area contributed by atoms with Crippen molar-refractivity contribution in [1.29, 1.82) is 0 Å². The molecule has 1 aliphatic heterocycles. The fraction of sp³-hybridized carbons (Fsp3) is 0.500. The second kappa shape index (κ2) is 8.45. The molecule has 0 aliphatic carbocycles. The number of benzene rings is 1. The Morgan fingerprint density at radius 2 is 2.00 bits per heavy atom. The molecule has 1 fully saturated rings. The van der Waals surface area contributed by atoms with Crippen molar-refractivity contribution in [3.63, 3.8) is 0 Å². The van der Waals surface area contributed by atoms with Crippen LogP contribution in [0.4, 0.5) is 5.69 Å². The second-order valence-corrected chi connectivity index (χ2v) is 9.37. The van der Waals surface area contributed by atoms with Crippen LogP contribution in [0.3, 0.4) is 0 Å². The van der Waals surface area contributed by atoms with Crippen LogP contribution in [0.5, 0.6) is 0 Å². The van der Waals surface area contributed by atoms with Crippen molar-refractivity contribution in [2.45, 2.75) is 51.6 Å². The van der Waals surface area contributed by atoms with Crippen molar-refractivity contribution in [2.24, 2.45) is 5.92 Å². The van der Waals surface area contributed by atoms with Crippen LogP contribution >= 0.6 is 0 Å². The largest absolute Gasteiger partial charge is 0.327 e. The van der Waals surface area contributed by atoms with Crippen LogP contribution in [-0.4, -0.2) is 41.3 Å². The van der Waals surface area contributed by atoms with Gasteiger partial charge >= 0.3 is 0 Å². The topological polar surface area (TPSA) is 84.3 Å². The number of carbonyl (C=O) groups is 1. The smallest absolute Gasteiger partial charge is 0.262 e. The molecule has 0 spiro atoms. The number of carbonyl (C=O) groups excluding carboxylic acids is 1. The summed E-state index contributed by atoms with van der Waals surface area (Å²) < 4.78 is 28.5. The van der Waals surface area contributed by atoms with E-state index in [0.717, 1.165) is 36.1 Å². The highest BCUT2D eigenvalue weighted by Crippen LogP contribution is 2.23. The van der Waals surface area contributed by atoms with Gasteiger partial charge in [-0.3, -0.25) is 4.79 Å². The highest BCUT2D eigenvalue weighted by atomic mass is 32.2. The molecule has 0 radical (unpaired) electrons. The van der Waals surface area contributed by atoms with Crippen molar-refractivity contribution < 1.29 is 13.2 Å². The number of para-hydroxylation sites is 1. The van der Waals surface area contributed by atoms with Gasteiger partial charge in [0, 0.05) is 25.0 Å². The zero-order valence-electron chi connectivity index (χ0n) is 16.7. The first-order chi connectivity index (χ1) is 13.3. The summed E-state index contributed by atoms with van der Waals surface area (Å²) in [6.07, 6.45) is 5.37. The molecule has 1 aliphatic rings. The van der Waals surface area contributed by atoms with E-state index in [-0.39, 0.29) is 17.5 Å². The lowest BCUT2D eigenvalue weighted by Crippen LogP contribution is -2.38. The first-order valence-electron chi connectivity index (χ1n) is 9.71. The number of imidazole rings is 1. The van der Waals surface area contributed by atoms with E-state index >= 15 is 0 Å². The monoisotopic (exact) mass is 404 g/mol. The number of aryl methyl sites for hydroxylation is 2. The van der Waals surface area contributed by atoms with Gasteiger partial charge in [-0.2, -0.15) is 4.31 Å². The summed E-state index contributed by atoms with van der Waals surface area (Å²) in [5.41, 5.74) is 2.90. The van der Waals surface area contributed by atoms with Crippen molar-refractivity contribution >= 4 is 21.6 Å². The van der Waals surface area contributed by atoms with Crippen molar-refractivity contribution in [1.82, 2.24) is 13.9 Å². The van der Waals surface area contributed by atoms with Crippen LogP contribution in [-0.2, 0) is 27.8 Å². The minimum Gasteiger partial charge on any atom is -0.327 e. The number of anilines is 1. The van der Waals surface area contributed by atoms with Crippen LogP contribution < -0.4 is 5.32 Å². The molecule has 28 heavy (non-hydrogen) atoms. The number of nitrogens with one attached hydrogen (secondary N) is 1. The fourth-order valence-electron chi connectivity index (χ4n) is 3.46. The van der Waals surface area contributed by atoms with Crippen molar-refractivity contribution in [3.05, 3.63) is 41.9 Å². The number of hydrogen-bond acceptors (Lipinski definition) is 4. The lowest BCUT2D eigenvalue weighted by molar-refractivity contribution is -0.116. The lowest BCUT2D eigenvalue weighted by atomic mass is 10.0. The Balaban J connectivity index is 1.68. The predicted molar refractivity (Wildman–Crippen MR) is 109 cm³/mol. The molecule has 0 atom stereocenters. The molecule has 0 saturated carbocycles.